The van der Waals surface area contributed by atoms with Gasteiger partial charge in [-0.3, -0.25) is 4.68 Å². The number of hydrogen-bond donors (Lipinski definition) is 0. The van der Waals surface area contributed by atoms with E-state index in [9.17, 15) is 8.42 Å². The van der Waals surface area contributed by atoms with Gasteiger partial charge >= 0.3 is 0 Å². The van der Waals surface area contributed by atoms with Gasteiger partial charge in [0.15, 0.2) is 0 Å². The Morgan fingerprint density at radius 2 is 1.90 bits per heavy atom. The molecule has 2 rings (SSSR count). The number of aryl methyl sites for hydroxylation is 1. The van der Waals surface area contributed by atoms with Crippen molar-refractivity contribution in [2.75, 3.05) is 7.05 Å². The number of halogens is 3. The highest BCUT2D eigenvalue weighted by atomic mass is 79.9. The number of benzene rings is 1. The summed E-state index contributed by atoms with van der Waals surface area (Å²) in [6.45, 7) is 0.179. The minimum atomic E-state index is -3.79. The van der Waals surface area contributed by atoms with Crippen LogP contribution in [0.25, 0.3) is 0 Å². The van der Waals surface area contributed by atoms with E-state index in [2.05, 4.69) is 21.0 Å². The molecule has 0 saturated carbocycles. The first-order valence-electron chi connectivity index (χ1n) is 5.80. The molecule has 1 heterocycles. The summed E-state index contributed by atoms with van der Waals surface area (Å²) in [5, 5.41) is 4.16. The van der Waals surface area contributed by atoms with E-state index < -0.39 is 10.0 Å². The maximum absolute atomic E-state index is 12.6. The molecule has 0 bridgehead atoms. The molecule has 0 amide bonds. The van der Waals surface area contributed by atoms with Crippen LogP contribution in [0.5, 0.6) is 0 Å². The van der Waals surface area contributed by atoms with Crippen molar-refractivity contribution < 1.29 is 8.42 Å². The first-order chi connectivity index (χ1) is 9.71. The van der Waals surface area contributed by atoms with Crippen molar-refractivity contribution in [3.05, 3.63) is 44.6 Å². The second-order valence-electron chi connectivity index (χ2n) is 4.48. The Morgan fingerprint density at radius 3 is 2.38 bits per heavy atom. The first-order valence-corrected chi connectivity index (χ1v) is 8.79. The molecule has 1 aromatic heterocycles. The fraction of sp³-hybridized carbons (Fsp3) is 0.250. The van der Waals surface area contributed by atoms with E-state index in [0.717, 1.165) is 5.56 Å². The topological polar surface area (TPSA) is 55.2 Å². The van der Waals surface area contributed by atoms with Crippen molar-refractivity contribution in [3.63, 3.8) is 0 Å². The molecule has 0 spiro atoms. The molecule has 0 fully saturated rings. The zero-order chi connectivity index (χ0) is 15.8. The van der Waals surface area contributed by atoms with Crippen molar-refractivity contribution in [2.24, 2.45) is 7.05 Å². The van der Waals surface area contributed by atoms with Crippen LogP contribution in [0.4, 0.5) is 0 Å². The molecule has 0 N–H and O–H groups in total. The van der Waals surface area contributed by atoms with Gasteiger partial charge in [-0.25, -0.2) is 8.42 Å². The molecule has 0 aliphatic carbocycles. The fourth-order valence-corrected chi connectivity index (χ4v) is 4.86. The summed E-state index contributed by atoms with van der Waals surface area (Å²) in [4.78, 5) is -0.0968. The highest BCUT2D eigenvalue weighted by molar-refractivity contribution is 9.10. The molecule has 114 valence electrons. The monoisotopic (exact) mass is 411 g/mol. The third-order valence-corrected chi connectivity index (χ3v) is 5.98. The SMILES string of the molecule is CN(Cc1cnn(C)c1)S(=O)(=O)c1c(Cl)cc(Br)cc1Cl. The molecule has 2 aromatic rings. The second kappa shape index (κ2) is 6.26. The minimum absolute atomic E-state index is 0.0763. The highest BCUT2D eigenvalue weighted by Crippen LogP contribution is 2.34. The zero-order valence-corrected chi connectivity index (χ0v) is 15.1. The standard InChI is InChI=1S/C12H12BrCl2N3O2S/c1-17-6-8(5-16-17)7-18(2)21(19,20)12-10(14)3-9(13)4-11(12)15/h3-6H,7H2,1-2H3. The van der Waals surface area contributed by atoms with Gasteiger partial charge < -0.3 is 0 Å². The van der Waals surface area contributed by atoms with Crippen LogP contribution in [0, 0.1) is 0 Å². The molecule has 0 atom stereocenters. The normalized spacial score (nSPS) is 12.1. The Bertz CT molecular complexity index is 754. The lowest BCUT2D eigenvalue weighted by Gasteiger charge is -2.18. The zero-order valence-electron chi connectivity index (χ0n) is 11.2. The van der Waals surface area contributed by atoms with E-state index in [4.69, 9.17) is 23.2 Å². The van der Waals surface area contributed by atoms with E-state index in [1.54, 1.807) is 24.1 Å². The van der Waals surface area contributed by atoms with Gasteiger partial charge in [-0.1, -0.05) is 39.1 Å². The van der Waals surface area contributed by atoms with E-state index in [0.29, 0.717) is 4.47 Å². The Kier molecular flexibility index (Phi) is 4.99. The van der Waals surface area contributed by atoms with E-state index >= 15 is 0 Å². The van der Waals surface area contributed by atoms with E-state index in [1.807, 2.05) is 0 Å². The number of aromatic nitrogens is 2. The van der Waals surface area contributed by atoms with Crippen molar-refractivity contribution in [2.45, 2.75) is 11.4 Å². The smallest absolute Gasteiger partial charge is 0.246 e. The van der Waals surface area contributed by atoms with Crippen LogP contribution in [-0.4, -0.2) is 29.6 Å². The number of sulfonamides is 1. The molecule has 0 unspecified atom stereocenters. The summed E-state index contributed by atoms with van der Waals surface area (Å²) in [7, 11) is -0.561. The number of hydrogen-bond acceptors (Lipinski definition) is 3. The average Bonchev–Trinajstić information content (AvgIpc) is 2.72. The van der Waals surface area contributed by atoms with Crippen molar-refractivity contribution in [3.8, 4) is 0 Å². The average molecular weight is 413 g/mol. The minimum Gasteiger partial charge on any atom is -0.275 e. The third kappa shape index (κ3) is 3.60. The molecule has 0 aliphatic heterocycles. The molecule has 0 saturated heterocycles. The summed E-state index contributed by atoms with van der Waals surface area (Å²) in [5.41, 5.74) is 0.771. The molecule has 5 nitrogen and oxygen atoms in total. The lowest BCUT2D eigenvalue weighted by atomic mass is 10.4. The third-order valence-electron chi connectivity index (χ3n) is 2.79. The summed E-state index contributed by atoms with van der Waals surface area (Å²) < 4.78 is 28.6. The van der Waals surface area contributed by atoms with Crippen LogP contribution in [0.1, 0.15) is 5.56 Å². The Labute approximate surface area is 141 Å². The quantitative estimate of drug-likeness (QED) is 0.773. The van der Waals surface area contributed by atoms with Gasteiger partial charge in [0, 0.05) is 36.9 Å². The van der Waals surface area contributed by atoms with Gasteiger partial charge in [-0.15, -0.1) is 0 Å². The lowest BCUT2D eigenvalue weighted by molar-refractivity contribution is 0.466. The number of nitrogens with zero attached hydrogens (tertiary/aromatic N) is 3. The Morgan fingerprint density at radius 1 is 1.33 bits per heavy atom. The summed E-state index contributed by atoms with van der Waals surface area (Å²) in [6.07, 6.45) is 3.35. The molecule has 9 heteroatoms. The fourth-order valence-electron chi connectivity index (χ4n) is 1.83. The second-order valence-corrected chi connectivity index (χ2v) is 8.19. The highest BCUT2D eigenvalue weighted by Gasteiger charge is 2.27. The first kappa shape index (κ1) is 16.8. The van der Waals surface area contributed by atoms with Crippen LogP contribution in [0.2, 0.25) is 10.0 Å². The van der Waals surface area contributed by atoms with Gasteiger partial charge in [0.05, 0.1) is 16.2 Å². The van der Waals surface area contributed by atoms with Gasteiger partial charge in [-0.2, -0.15) is 9.40 Å². The van der Waals surface area contributed by atoms with Gasteiger partial charge in [0.2, 0.25) is 10.0 Å². The van der Waals surface area contributed by atoms with Crippen molar-refractivity contribution in [1.29, 1.82) is 0 Å². The van der Waals surface area contributed by atoms with Crippen LogP contribution in [0.15, 0.2) is 33.9 Å². The molecule has 0 radical (unpaired) electrons. The maximum Gasteiger partial charge on any atom is 0.246 e. The molecular weight excluding hydrogens is 401 g/mol. The predicted octanol–water partition coefficient (Wildman–Crippen LogP) is 3.31. The van der Waals surface area contributed by atoms with Gasteiger partial charge in [0.25, 0.3) is 0 Å². The summed E-state index contributed by atoms with van der Waals surface area (Å²) in [5.74, 6) is 0. The molecule has 1 aromatic carbocycles. The number of rotatable bonds is 4. The lowest BCUT2D eigenvalue weighted by Crippen LogP contribution is -2.27. The Hall–Kier alpha value is -0.600. The van der Waals surface area contributed by atoms with E-state index in [-0.39, 0.29) is 21.5 Å². The summed E-state index contributed by atoms with van der Waals surface area (Å²) in [6, 6.07) is 3.00. The summed E-state index contributed by atoms with van der Waals surface area (Å²) >= 11 is 15.3. The van der Waals surface area contributed by atoms with Crippen molar-refractivity contribution in [1.82, 2.24) is 14.1 Å². The van der Waals surface area contributed by atoms with Crippen LogP contribution in [0.3, 0.4) is 0 Å². The molecule has 21 heavy (non-hydrogen) atoms. The van der Waals surface area contributed by atoms with Crippen LogP contribution < -0.4 is 0 Å². The largest absolute Gasteiger partial charge is 0.275 e. The van der Waals surface area contributed by atoms with Crippen LogP contribution in [-0.2, 0) is 23.6 Å². The maximum atomic E-state index is 12.6. The predicted molar refractivity (Wildman–Crippen MR) is 86.0 cm³/mol. The molecular formula is C12H12BrCl2N3O2S. The molecule has 0 aliphatic rings. The van der Waals surface area contributed by atoms with E-state index in [1.165, 1.54) is 23.5 Å². The van der Waals surface area contributed by atoms with Crippen LogP contribution >= 0.6 is 39.1 Å². The van der Waals surface area contributed by atoms with Gasteiger partial charge in [0.1, 0.15) is 4.90 Å². The van der Waals surface area contributed by atoms with Gasteiger partial charge in [-0.05, 0) is 12.1 Å². The van der Waals surface area contributed by atoms with Crippen molar-refractivity contribution >= 4 is 49.2 Å². The Balaban J connectivity index is 2.38.